The lowest BCUT2D eigenvalue weighted by atomic mass is 10.1. The summed E-state index contributed by atoms with van der Waals surface area (Å²) >= 11 is 1.38. The standard InChI is InChI=1S/C19H17N3O4S/c1-25-14-6-3-2-5-12(14)18(24)22-9-8-13-16(11-22)27-19(20-13)21-17(23)15-7-4-10-26-15/h2-7,10H,8-9,11H2,1H3,(H,20,21,23). The second-order valence-corrected chi connectivity index (χ2v) is 7.08. The molecule has 1 aromatic carbocycles. The fraction of sp³-hybridized carbons (Fsp3) is 0.211. The maximum Gasteiger partial charge on any atom is 0.293 e. The first-order valence-electron chi connectivity index (χ1n) is 8.41. The molecule has 4 rings (SSSR count). The van der Waals surface area contributed by atoms with Gasteiger partial charge in [0.1, 0.15) is 5.75 Å². The average molecular weight is 383 g/mol. The van der Waals surface area contributed by atoms with Crippen LogP contribution in [0.1, 0.15) is 31.5 Å². The van der Waals surface area contributed by atoms with Crippen molar-refractivity contribution in [3.8, 4) is 5.75 Å². The Kier molecular flexibility index (Phi) is 4.64. The number of benzene rings is 1. The number of carbonyl (C=O) groups excluding carboxylic acids is 2. The van der Waals surface area contributed by atoms with Crippen molar-refractivity contribution in [3.63, 3.8) is 0 Å². The third-order valence-corrected chi connectivity index (χ3v) is 5.32. The van der Waals surface area contributed by atoms with E-state index in [0.717, 1.165) is 10.6 Å². The van der Waals surface area contributed by atoms with Gasteiger partial charge in [-0.2, -0.15) is 0 Å². The van der Waals surface area contributed by atoms with Gasteiger partial charge in [-0.05, 0) is 24.3 Å². The number of fused-ring (bicyclic) bond motifs is 1. The van der Waals surface area contributed by atoms with Gasteiger partial charge in [-0.1, -0.05) is 23.5 Å². The number of hydrogen-bond acceptors (Lipinski definition) is 6. The molecule has 2 aromatic heterocycles. The van der Waals surface area contributed by atoms with E-state index in [-0.39, 0.29) is 17.6 Å². The van der Waals surface area contributed by atoms with E-state index >= 15 is 0 Å². The van der Waals surface area contributed by atoms with Gasteiger partial charge in [0.2, 0.25) is 0 Å². The van der Waals surface area contributed by atoms with E-state index in [4.69, 9.17) is 9.15 Å². The second kappa shape index (κ2) is 7.24. The van der Waals surface area contributed by atoms with Crippen molar-refractivity contribution in [2.24, 2.45) is 0 Å². The number of ether oxygens (including phenoxy) is 1. The largest absolute Gasteiger partial charge is 0.496 e. The van der Waals surface area contributed by atoms with Gasteiger partial charge in [0.25, 0.3) is 11.8 Å². The topological polar surface area (TPSA) is 84.7 Å². The Hall–Kier alpha value is -3.13. The van der Waals surface area contributed by atoms with Crippen molar-refractivity contribution < 1.29 is 18.7 Å². The average Bonchev–Trinajstić information content (AvgIpc) is 3.36. The lowest BCUT2D eigenvalue weighted by Gasteiger charge is -2.26. The van der Waals surface area contributed by atoms with Crippen molar-refractivity contribution in [2.45, 2.75) is 13.0 Å². The maximum atomic E-state index is 12.9. The number of thiazole rings is 1. The van der Waals surface area contributed by atoms with Crippen molar-refractivity contribution in [1.29, 1.82) is 0 Å². The fourth-order valence-electron chi connectivity index (χ4n) is 2.98. The minimum Gasteiger partial charge on any atom is -0.496 e. The second-order valence-electron chi connectivity index (χ2n) is 6.00. The van der Waals surface area contributed by atoms with Crippen LogP contribution >= 0.6 is 11.3 Å². The lowest BCUT2D eigenvalue weighted by Crippen LogP contribution is -2.35. The molecule has 1 aliphatic rings. The highest BCUT2D eigenvalue weighted by atomic mass is 32.1. The van der Waals surface area contributed by atoms with Gasteiger partial charge in [-0.15, -0.1) is 0 Å². The number of methoxy groups -OCH3 is 1. The SMILES string of the molecule is COc1ccccc1C(=O)N1CCc2nc(NC(=O)c3ccco3)sc2C1. The Bertz CT molecular complexity index is 981. The summed E-state index contributed by atoms with van der Waals surface area (Å²) in [5.41, 5.74) is 1.46. The Balaban J connectivity index is 1.49. The molecule has 1 aliphatic heterocycles. The highest BCUT2D eigenvalue weighted by Crippen LogP contribution is 2.30. The van der Waals surface area contributed by atoms with E-state index in [1.807, 2.05) is 12.1 Å². The number of hydrogen-bond donors (Lipinski definition) is 1. The van der Waals surface area contributed by atoms with Crippen LogP contribution in [-0.2, 0) is 13.0 Å². The molecule has 0 radical (unpaired) electrons. The summed E-state index contributed by atoms with van der Waals surface area (Å²) in [5, 5.41) is 3.25. The molecule has 3 heterocycles. The highest BCUT2D eigenvalue weighted by Gasteiger charge is 2.27. The van der Waals surface area contributed by atoms with Gasteiger partial charge < -0.3 is 14.1 Å². The summed E-state index contributed by atoms with van der Waals surface area (Å²) in [4.78, 5) is 32.2. The quantitative estimate of drug-likeness (QED) is 0.748. The van der Waals surface area contributed by atoms with E-state index in [2.05, 4.69) is 10.3 Å². The van der Waals surface area contributed by atoms with Gasteiger partial charge in [-0.3, -0.25) is 14.9 Å². The minimum atomic E-state index is -0.340. The smallest absolute Gasteiger partial charge is 0.293 e. The summed E-state index contributed by atoms with van der Waals surface area (Å²) in [6, 6.07) is 10.4. The molecule has 1 N–H and O–H groups in total. The summed E-state index contributed by atoms with van der Waals surface area (Å²) in [5.74, 6) is 0.376. The molecule has 7 nitrogen and oxygen atoms in total. The van der Waals surface area contributed by atoms with Crippen LogP contribution < -0.4 is 10.1 Å². The zero-order valence-electron chi connectivity index (χ0n) is 14.6. The van der Waals surface area contributed by atoms with Crippen molar-refractivity contribution in [3.05, 3.63) is 64.6 Å². The molecule has 0 saturated heterocycles. The Labute approximate surface area is 159 Å². The Morgan fingerprint density at radius 3 is 2.89 bits per heavy atom. The molecule has 3 aromatic rings. The molecule has 0 fully saturated rings. The van der Waals surface area contributed by atoms with Crippen LogP contribution in [0.4, 0.5) is 5.13 Å². The molecule has 27 heavy (non-hydrogen) atoms. The normalized spacial score (nSPS) is 13.1. The maximum absolute atomic E-state index is 12.9. The number of rotatable bonds is 4. The van der Waals surface area contributed by atoms with Gasteiger partial charge >= 0.3 is 0 Å². The molecule has 0 saturated carbocycles. The molecule has 0 aliphatic carbocycles. The van der Waals surface area contributed by atoms with Crippen molar-refractivity contribution >= 4 is 28.3 Å². The summed E-state index contributed by atoms with van der Waals surface area (Å²) < 4.78 is 10.4. The van der Waals surface area contributed by atoms with Crippen molar-refractivity contribution in [2.75, 3.05) is 19.0 Å². The third-order valence-electron chi connectivity index (χ3n) is 4.32. The molecule has 0 atom stereocenters. The minimum absolute atomic E-state index is 0.0762. The number of furan rings is 1. The van der Waals surface area contributed by atoms with Crippen LogP contribution in [0.3, 0.4) is 0 Å². The Morgan fingerprint density at radius 1 is 1.26 bits per heavy atom. The van der Waals surface area contributed by atoms with E-state index in [1.54, 1.807) is 36.3 Å². The van der Waals surface area contributed by atoms with Gasteiger partial charge in [0.15, 0.2) is 10.9 Å². The van der Waals surface area contributed by atoms with E-state index in [9.17, 15) is 9.59 Å². The number of carbonyl (C=O) groups is 2. The molecule has 0 unspecified atom stereocenters. The molecule has 8 heteroatoms. The first kappa shape index (κ1) is 17.3. The Morgan fingerprint density at radius 2 is 2.11 bits per heavy atom. The predicted octanol–water partition coefficient (Wildman–Crippen LogP) is 3.20. The van der Waals surface area contributed by atoms with Gasteiger partial charge in [0, 0.05) is 17.8 Å². The molecule has 2 amide bonds. The predicted molar refractivity (Wildman–Crippen MR) is 100 cm³/mol. The zero-order chi connectivity index (χ0) is 18.8. The number of amides is 2. The number of nitrogens with one attached hydrogen (secondary N) is 1. The third kappa shape index (κ3) is 3.43. The summed E-state index contributed by atoms with van der Waals surface area (Å²) in [6.45, 7) is 1.03. The molecule has 0 spiro atoms. The number of nitrogens with zero attached hydrogens (tertiary/aromatic N) is 2. The first-order chi connectivity index (χ1) is 13.2. The molecular formula is C19H17N3O4S. The van der Waals surface area contributed by atoms with E-state index in [1.165, 1.54) is 17.6 Å². The summed E-state index contributed by atoms with van der Waals surface area (Å²) in [7, 11) is 1.55. The summed E-state index contributed by atoms with van der Waals surface area (Å²) in [6.07, 6.45) is 2.09. The monoisotopic (exact) mass is 383 g/mol. The van der Waals surface area contributed by atoms with Crippen LogP contribution in [0, 0.1) is 0 Å². The molecular weight excluding hydrogens is 366 g/mol. The van der Waals surface area contributed by atoms with Crippen LogP contribution in [0.2, 0.25) is 0 Å². The number of para-hydroxylation sites is 1. The molecule has 0 bridgehead atoms. The molecule has 138 valence electrons. The van der Waals surface area contributed by atoms with Crippen LogP contribution in [0.25, 0.3) is 0 Å². The van der Waals surface area contributed by atoms with Crippen LogP contribution in [0.15, 0.2) is 47.1 Å². The van der Waals surface area contributed by atoms with Crippen LogP contribution in [0.5, 0.6) is 5.75 Å². The van der Waals surface area contributed by atoms with Gasteiger partial charge in [0.05, 0.1) is 31.2 Å². The zero-order valence-corrected chi connectivity index (χ0v) is 15.4. The van der Waals surface area contributed by atoms with Crippen molar-refractivity contribution in [1.82, 2.24) is 9.88 Å². The highest BCUT2D eigenvalue weighted by molar-refractivity contribution is 7.15. The number of anilines is 1. The fourth-order valence-corrected chi connectivity index (χ4v) is 4.00. The lowest BCUT2D eigenvalue weighted by molar-refractivity contribution is 0.0732. The van der Waals surface area contributed by atoms with Gasteiger partial charge in [-0.25, -0.2) is 4.98 Å². The first-order valence-corrected chi connectivity index (χ1v) is 9.23. The van der Waals surface area contributed by atoms with E-state index < -0.39 is 0 Å². The number of aromatic nitrogens is 1. The van der Waals surface area contributed by atoms with Crippen LogP contribution in [-0.4, -0.2) is 35.4 Å². The van der Waals surface area contributed by atoms with E-state index in [0.29, 0.717) is 36.0 Å².